The predicted molar refractivity (Wildman–Crippen MR) is 60.5 cm³/mol. The molecule has 1 saturated carbocycles. The number of nitrogens with one attached hydrogen (secondary N) is 1. The molecule has 2 heteroatoms. The standard InChI is InChI=1S/C12H25NO/c1-11(2)13-9-7-12(5-4-6-12)8-10-14-3/h11,13H,4-10H2,1-3H3. The summed E-state index contributed by atoms with van der Waals surface area (Å²) in [5.41, 5.74) is 0.623. The normalized spacial score (nSPS) is 19.7. The van der Waals surface area contributed by atoms with Crippen LogP contribution in [0.5, 0.6) is 0 Å². The van der Waals surface area contributed by atoms with E-state index in [9.17, 15) is 0 Å². The van der Waals surface area contributed by atoms with Crippen molar-refractivity contribution in [1.82, 2.24) is 5.32 Å². The monoisotopic (exact) mass is 199 g/mol. The Morgan fingerprint density at radius 1 is 1.29 bits per heavy atom. The van der Waals surface area contributed by atoms with Crippen LogP contribution in [0.3, 0.4) is 0 Å². The Morgan fingerprint density at radius 3 is 2.43 bits per heavy atom. The van der Waals surface area contributed by atoms with Gasteiger partial charge in [0.15, 0.2) is 0 Å². The maximum absolute atomic E-state index is 5.18. The third-order valence-electron chi connectivity index (χ3n) is 3.46. The van der Waals surface area contributed by atoms with Gasteiger partial charge in [-0.3, -0.25) is 0 Å². The second-order valence-corrected chi connectivity index (χ2v) is 4.96. The minimum atomic E-state index is 0.620. The van der Waals surface area contributed by atoms with E-state index in [1.165, 1.54) is 38.6 Å². The van der Waals surface area contributed by atoms with E-state index in [1.807, 2.05) is 0 Å². The summed E-state index contributed by atoms with van der Waals surface area (Å²) in [4.78, 5) is 0. The second-order valence-electron chi connectivity index (χ2n) is 4.96. The Kier molecular flexibility index (Phi) is 4.90. The van der Waals surface area contributed by atoms with Crippen molar-refractivity contribution >= 4 is 0 Å². The van der Waals surface area contributed by atoms with Crippen LogP contribution in [0.1, 0.15) is 46.0 Å². The van der Waals surface area contributed by atoms with Crippen LogP contribution in [-0.4, -0.2) is 26.3 Å². The van der Waals surface area contributed by atoms with E-state index in [4.69, 9.17) is 4.74 Å². The molecule has 0 heterocycles. The lowest BCUT2D eigenvalue weighted by Gasteiger charge is -2.42. The van der Waals surface area contributed by atoms with E-state index >= 15 is 0 Å². The highest BCUT2D eigenvalue weighted by atomic mass is 16.5. The Morgan fingerprint density at radius 2 is 2.00 bits per heavy atom. The van der Waals surface area contributed by atoms with E-state index in [1.54, 1.807) is 7.11 Å². The smallest absolute Gasteiger partial charge is 0.0467 e. The fraction of sp³-hybridized carbons (Fsp3) is 1.00. The summed E-state index contributed by atoms with van der Waals surface area (Å²) in [5.74, 6) is 0. The number of rotatable bonds is 7. The molecule has 0 aromatic rings. The predicted octanol–water partition coefficient (Wildman–Crippen LogP) is 2.58. The van der Waals surface area contributed by atoms with Crippen molar-refractivity contribution in [2.24, 2.45) is 5.41 Å². The van der Waals surface area contributed by atoms with E-state index in [-0.39, 0.29) is 0 Å². The van der Waals surface area contributed by atoms with Crippen LogP contribution < -0.4 is 5.32 Å². The number of hydrogen-bond acceptors (Lipinski definition) is 2. The van der Waals surface area contributed by atoms with Crippen molar-refractivity contribution < 1.29 is 4.74 Å². The zero-order valence-electron chi connectivity index (χ0n) is 9.94. The minimum Gasteiger partial charge on any atom is -0.385 e. The summed E-state index contributed by atoms with van der Waals surface area (Å²) < 4.78 is 5.18. The van der Waals surface area contributed by atoms with Crippen LogP contribution >= 0.6 is 0 Å². The molecule has 0 saturated heterocycles. The van der Waals surface area contributed by atoms with E-state index in [0.29, 0.717) is 11.5 Å². The van der Waals surface area contributed by atoms with Crippen molar-refractivity contribution in [1.29, 1.82) is 0 Å². The first kappa shape index (κ1) is 12.0. The van der Waals surface area contributed by atoms with Crippen LogP contribution in [0.25, 0.3) is 0 Å². The molecule has 1 rings (SSSR count). The van der Waals surface area contributed by atoms with Crippen LogP contribution in [0, 0.1) is 5.41 Å². The van der Waals surface area contributed by atoms with E-state index in [0.717, 1.165) is 6.61 Å². The highest BCUT2D eigenvalue weighted by Crippen LogP contribution is 2.46. The Hall–Kier alpha value is -0.0800. The maximum atomic E-state index is 5.18. The zero-order valence-corrected chi connectivity index (χ0v) is 9.94. The molecular formula is C12H25NO. The lowest BCUT2D eigenvalue weighted by molar-refractivity contribution is 0.0611. The summed E-state index contributed by atoms with van der Waals surface area (Å²) in [6.07, 6.45) is 6.83. The van der Waals surface area contributed by atoms with Crippen molar-refractivity contribution in [2.75, 3.05) is 20.3 Å². The highest BCUT2D eigenvalue weighted by Gasteiger charge is 2.35. The fourth-order valence-electron chi connectivity index (χ4n) is 2.25. The van der Waals surface area contributed by atoms with Gasteiger partial charge in [-0.15, -0.1) is 0 Å². The molecular weight excluding hydrogens is 174 g/mol. The van der Waals surface area contributed by atoms with Gasteiger partial charge in [0, 0.05) is 19.8 Å². The molecule has 1 aliphatic carbocycles. The quantitative estimate of drug-likeness (QED) is 0.680. The molecule has 0 spiro atoms. The molecule has 0 bridgehead atoms. The molecule has 84 valence electrons. The second kappa shape index (κ2) is 5.72. The average Bonchev–Trinajstić information content (AvgIpc) is 2.07. The molecule has 0 amide bonds. The Bertz CT molecular complexity index is 152. The molecule has 0 aromatic heterocycles. The first-order valence-electron chi connectivity index (χ1n) is 5.91. The summed E-state index contributed by atoms with van der Waals surface area (Å²) in [7, 11) is 1.80. The van der Waals surface area contributed by atoms with Crippen molar-refractivity contribution in [3.8, 4) is 0 Å². The molecule has 0 radical (unpaired) electrons. The number of methoxy groups -OCH3 is 1. The molecule has 0 atom stereocenters. The van der Waals surface area contributed by atoms with Crippen molar-refractivity contribution in [3.63, 3.8) is 0 Å². The van der Waals surface area contributed by atoms with Gasteiger partial charge in [-0.2, -0.15) is 0 Å². The topological polar surface area (TPSA) is 21.3 Å². The van der Waals surface area contributed by atoms with Gasteiger partial charge < -0.3 is 10.1 Å². The first-order chi connectivity index (χ1) is 6.68. The summed E-state index contributed by atoms with van der Waals surface area (Å²) in [6.45, 7) is 6.52. The Labute approximate surface area is 88.4 Å². The maximum Gasteiger partial charge on any atom is 0.0467 e. The highest BCUT2D eigenvalue weighted by molar-refractivity contribution is 4.88. The summed E-state index contributed by atoms with van der Waals surface area (Å²) in [5, 5.41) is 3.50. The largest absolute Gasteiger partial charge is 0.385 e. The van der Waals surface area contributed by atoms with Gasteiger partial charge in [-0.05, 0) is 37.6 Å². The van der Waals surface area contributed by atoms with Gasteiger partial charge >= 0.3 is 0 Å². The van der Waals surface area contributed by atoms with Crippen LogP contribution in [0.4, 0.5) is 0 Å². The van der Waals surface area contributed by atoms with Crippen LogP contribution in [-0.2, 0) is 4.74 Å². The van der Waals surface area contributed by atoms with Crippen LogP contribution in [0.15, 0.2) is 0 Å². The van der Waals surface area contributed by atoms with Crippen LogP contribution in [0.2, 0.25) is 0 Å². The van der Waals surface area contributed by atoms with Gasteiger partial charge in [-0.1, -0.05) is 20.3 Å². The van der Waals surface area contributed by atoms with Gasteiger partial charge in [0.2, 0.25) is 0 Å². The van der Waals surface area contributed by atoms with Crippen molar-refractivity contribution in [2.45, 2.75) is 52.0 Å². The number of hydrogen-bond donors (Lipinski definition) is 1. The SMILES string of the molecule is COCCC1(CCNC(C)C)CCC1. The van der Waals surface area contributed by atoms with Gasteiger partial charge in [-0.25, -0.2) is 0 Å². The van der Waals surface area contributed by atoms with Gasteiger partial charge in [0.25, 0.3) is 0 Å². The van der Waals surface area contributed by atoms with E-state index < -0.39 is 0 Å². The molecule has 14 heavy (non-hydrogen) atoms. The Balaban J connectivity index is 2.16. The molecule has 1 N–H and O–H groups in total. The molecule has 2 nitrogen and oxygen atoms in total. The van der Waals surface area contributed by atoms with Gasteiger partial charge in [0.1, 0.15) is 0 Å². The molecule has 0 aromatic carbocycles. The van der Waals surface area contributed by atoms with Gasteiger partial charge in [0.05, 0.1) is 0 Å². The molecule has 1 aliphatic rings. The van der Waals surface area contributed by atoms with Crippen molar-refractivity contribution in [3.05, 3.63) is 0 Å². The molecule has 0 aliphatic heterocycles. The minimum absolute atomic E-state index is 0.620. The average molecular weight is 199 g/mol. The lowest BCUT2D eigenvalue weighted by atomic mass is 9.65. The fourth-order valence-corrected chi connectivity index (χ4v) is 2.25. The zero-order chi connectivity index (χ0) is 10.4. The third-order valence-corrected chi connectivity index (χ3v) is 3.46. The molecule has 0 unspecified atom stereocenters. The first-order valence-corrected chi connectivity index (χ1v) is 5.91. The lowest BCUT2D eigenvalue weighted by Crippen LogP contribution is -2.35. The number of ether oxygens (including phenoxy) is 1. The van der Waals surface area contributed by atoms with E-state index in [2.05, 4.69) is 19.2 Å². The summed E-state index contributed by atoms with van der Waals surface area (Å²) >= 11 is 0. The molecule has 1 fully saturated rings. The third kappa shape index (κ3) is 3.58. The summed E-state index contributed by atoms with van der Waals surface area (Å²) in [6, 6.07) is 0.620.